The Morgan fingerprint density at radius 3 is 2.50 bits per heavy atom. The molecule has 128 valence electrons. The van der Waals surface area contributed by atoms with Crippen molar-refractivity contribution in [3.05, 3.63) is 24.5 Å². The summed E-state index contributed by atoms with van der Waals surface area (Å²) in [5, 5.41) is 2.99. The zero-order valence-electron chi connectivity index (χ0n) is 13.5. The van der Waals surface area contributed by atoms with Crippen LogP contribution in [-0.4, -0.2) is 29.1 Å². The van der Waals surface area contributed by atoms with E-state index in [2.05, 4.69) is 24.1 Å². The topological polar surface area (TPSA) is 77.2 Å². The molecule has 1 aromatic heterocycles. The molecule has 0 bridgehead atoms. The van der Waals surface area contributed by atoms with Gasteiger partial charge in [0.2, 0.25) is 0 Å². The molecule has 0 radical (unpaired) electrons. The lowest BCUT2D eigenvalue weighted by Crippen LogP contribution is -2.55. The lowest BCUT2D eigenvalue weighted by atomic mass is 9.90. The van der Waals surface area contributed by atoms with Crippen LogP contribution in [0.25, 0.3) is 0 Å². The molecule has 5 nitrogen and oxygen atoms in total. The van der Waals surface area contributed by atoms with E-state index in [9.17, 15) is 4.79 Å². The number of halogens is 2. The van der Waals surface area contributed by atoms with E-state index in [-0.39, 0.29) is 30.7 Å². The number of ether oxygens (including phenoxy) is 1. The van der Waals surface area contributed by atoms with Crippen molar-refractivity contribution in [1.82, 2.24) is 10.3 Å². The fourth-order valence-corrected chi connectivity index (χ4v) is 2.16. The van der Waals surface area contributed by atoms with Gasteiger partial charge in [-0.1, -0.05) is 13.8 Å². The highest BCUT2D eigenvalue weighted by molar-refractivity contribution is 5.85. The standard InChI is InChI=1S/C15H25N3O2.2ClH/c1-11(2)8-15(4,10-16)18-14(19)12(3)20-13-6-5-7-17-9-13;;/h5-7,9,11-12H,8,10,16H2,1-4H3,(H,18,19);2*1H. The van der Waals surface area contributed by atoms with Gasteiger partial charge in [0.05, 0.1) is 6.20 Å². The maximum Gasteiger partial charge on any atom is 0.261 e. The van der Waals surface area contributed by atoms with Crippen LogP contribution >= 0.6 is 24.8 Å². The van der Waals surface area contributed by atoms with E-state index in [1.54, 1.807) is 31.5 Å². The van der Waals surface area contributed by atoms with Crippen molar-refractivity contribution < 1.29 is 9.53 Å². The molecule has 3 N–H and O–H groups in total. The summed E-state index contributed by atoms with van der Waals surface area (Å²) in [6.07, 6.45) is 3.48. The summed E-state index contributed by atoms with van der Waals surface area (Å²) >= 11 is 0. The third kappa shape index (κ3) is 7.82. The van der Waals surface area contributed by atoms with Crippen LogP contribution in [0.4, 0.5) is 0 Å². The van der Waals surface area contributed by atoms with Gasteiger partial charge in [0.1, 0.15) is 5.75 Å². The first-order valence-corrected chi connectivity index (χ1v) is 6.95. The first kappa shape index (κ1) is 23.2. The summed E-state index contributed by atoms with van der Waals surface area (Å²) in [7, 11) is 0. The average molecular weight is 352 g/mol. The monoisotopic (exact) mass is 351 g/mol. The number of nitrogens with zero attached hydrogens (tertiary/aromatic N) is 1. The Bertz CT molecular complexity index is 432. The number of carbonyl (C=O) groups excluding carboxylic acids is 1. The van der Waals surface area contributed by atoms with Crippen LogP contribution in [0.2, 0.25) is 0 Å². The summed E-state index contributed by atoms with van der Waals surface area (Å²) in [6.45, 7) is 8.29. The van der Waals surface area contributed by atoms with Crippen molar-refractivity contribution in [2.24, 2.45) is 11.7 Å². The Morgan fingerprint density at radius 1 is 1.41 bits per heavy atom. The second-order valence-corrected chi connectivity index (χ2v) is 5.80. The Hall–Kier alpha value is -1.04. The second-order valence-electron chi connectivity index (χ2n) is 5.80. The molecule has 0 saturated heterocycles. The zero-order valence-corrected chi connectivity index (χ0v) is 15.2. The highest BCUT2D eigenvalue weighted by Crippen LogP contribution is 2.16. The molecule has 0 spiro atoms. The van der Waals surface area contributed by atoms with Crippen LogP contribution < -0.4 is 15.8 Å². The molecule has 0 aliphatic carbocycles. The van der Waals surface area contributed by atoms with Crippen LogP contribution in [0.3, 0.4) is 0 Å². The fraction of sp³-hybridized carbons (Fsp3) is 0.600. The van der Waals surface area contributed by atoms with Gasteiger partial charge in [-0.25, -0.2) is 0 Å². The van der Waals surface area contributed by atoms with Crippen molar-refractivity contribution >= 4 is 30.7 Å². The van der Waals surface area contributed by atoms with Crippen molar-refractivity contribution in [2.45, 2.75) is 45.8 Å². The number of pyridine rings is 1. The van der Waals surface area contributed by atoms with Crippen molar-refractivity contribution in [3.8, 4) is 5.75 Å². The quantitative estimate of drug-likeness (QED) is 0.791. The van der Waals surface area contributed by atoms with Gasteiger partial charge in [0.15, 0.2) is 6.10 Å². The van der Waals surface area contributed by atoms with Gasteiger partial charge in [-0.3, -0.25) is 9.78 Å². The minimum atomic E-state index is -0.586. The molecule has 0 aliphatic heterocycles. The minimum absolute atomic E-state index is 0. The largest absolute Gasteiger partial charge is 0.479 e. The van der Waals surface area contributed by atoms with Gasteiger partial charge < -0.3 is 15.8 Å². The molecule has 2 unspecified atom stereocenters. The Balaban J connectivity index is 0. The summed E-state index contributed by atoms with van der Waals surface area (Å²) in [4.78, 5) is 16.1. The number of hydrogen-bond acceptors (Lipinski definition) is 4. The molecule has 1 rings (SSSR count). The predicted octanol–water partition coefficient (Wildman–Crippen LogP) is 2.57. The molecule has 0 aromatic carbocycles. The van der Waals surface area contributed by atoms with E-state index < -0.39 is 11.6 Å². The maximum absolute atomic E-state index is 12.2. The van der Waals surface area contributed by atoms with Crippen LogP contribution in [0.5, 0.6) is 5.75 Å². The molecule has 7 heteroatoms. The Morgan fingerprint density at radius 2 is 2.05 bits per heavy atom. The number of nitrogens with two attached hydrogens (primary N) is 1. The molecule has 22 heavy (non-hydrogen) atoms. The zero-order chi connectivity index (χ0) is 15.2. The molecule has 2 atom stereocenters. The number of rotatable bonds is 7. The van der Waals surface area contributed by atoms with E-state index in [0.717, 1.165) is 6.42 Å². The van der Waals surface area contributed by atoms with Gasteiger partial charge in [0.25, 0.3) is 5.91 Å². The van der Waals surface area contributed by atoms with Crippen LogP contribution in [0.1, 0.15) is 34.1 Å². The predicted molar refractivity (Wildman–Crippen MR) is 93.9 cm³/mol. The lowest BCUT2D eigenvalue weighted by Gasteiger charge is -2.32. The first-order chi connectivity index (χ1) is 9.36. The van der Waals surface area contributed by atoms with Gasteiger partial charge in [0, 0.05) is 18.3 Å². The smallest absolute Gasteiger partial charge is 0.261 e. The summed E-state index contributed by atoms with van der Waals surface area (Å²) in [6, 6.07) is 3.54. The second kappa shape index (κ2) is 10.6. The number of nitrogens with one attached hydrogen (secondary N) is 1. The molecule has 1 heterocycles. The van der Waals surface area contributed by atoms with E-state index in [1.807, 2.05) is 6.92 Å². The van der Waals surface area contributed by atoms with E-state index in [1.165, 1.54) is 0 Å². The molecule has 0 aliphatic rings. The normalized spacial score (nSPS) is 14.1. The molecule has 0 saturated carbocycles. The van der Waals surface area contributed by atoms with E-state index >= 15 is 0 Å². The van der Waals surface area contributed by atoms with E-state index in [0.29, 0.717) is 18.2 Å². The van der Waals surface area contributed by atoms with E-state index in [4.69, 9.17) is 10.5 Å². The van der Waals surface area contributed by atoms with Gasteiger partial charge >= 0.3 is 0 Å². The number of carbonyl (C=O) groups is 1. The highest BCUT2D eigenvalue weighted by Gasteiger charge is 2.28. The summed E-state index contributed by atoms with van der Waals surface area (Å²) < 4.78 is 5.56. The summed E-state index contributed by atoms with van der Waals surface area (Å²) in [5.41, 5.74) is 5.39. The van der Waals surface area contributed by atoms with Crippen molar-refractivity contribution in [2.75, 3.05) is 6.54 Å². The Labute approximate surface area is 145 Å². The third-order valence-electron chi connectivity index (χ3n) is 3.05. The molecular weight excluding hydrogens is 325 g/mol. The maximum atomic E-state index is 12.2. The minimum Gasteiger partial charge on any atom is -0.479 e. The molecule has 1 aromatic rings. The number of aromatic nitrogens is 1. The van der Waals surface area contributed by atoms with Gasteiger partial charge in [-0.2, -0.15) is 0 Å². The van der Waals surface area contributed by atoms with Gasteiger partial charge in [-0.15, -0.1) is 24.8 Å². The van der Waals surface area contributed by atoms with Crippen LogP contribution in [-0.2, 0) is 4.79 Å². The summed E-state index contributed by atoms with van der Waals surface area (Å²) in [5.74, 6) is 0.870. The SMILES string of the molecule is CC(C)CC(C)(CN)NC(=O)C(C)Oc1cccnc1.Cl.Cl. The highest BCUT2D eigenvalue weighted by atomic mass is 35.5. The number of hydrogen-bond donors (Lipinski definition) is 2. The lowest BCUT2D eigenvalue weighted by molar-refractivity contribution is -0.129. The van der Waals surface area contributed by atoms with Crippen LogP contribution in [0, 0.1) is 5.92 Å². The molecular formula is C15H27Cl2N3O2. The Kier molecular flexibility index (Phi) is 11.2. The third-order valence-corrected chi connectivity index (χ3v) is 3.05. The molecule has 0 fully saturated rings. The van der Waals surface area contributed by atoms with Crippen LogP contribution in [0.15, 0.2) is 24.5 Å². The van der Waals surface area contributed by atoms with Crippen molar-refractivity contribution in [1.29, 1.82) is 0 Å². The van der Waals surface area contributed by atoms with Gasteiger partial charge in [-0.05, 0) is 38.3 Å². The molecule has 1 amide bonds. The first-order valence-electron chi connectivity index (χ1n) is 6.95. The number of amides is 1. The fourth-order valence-electron chi connectivity index (χ4n) is 2.16. The van der Waals surface area contributed by atoms with Crippen molar-refractivity contribution in [3.63, 3.8) is 0 Å². The average Bonchev–Trinajstić information content (AvgIpc) is 2.38.